The highest BCUT2D eigenvalue weighted by Gasteiger charge is 2.31. The quantitative estimate of drug-likeness (QED) is 0.173. The van der Waals surface area contributed by atoms with Gasteiger partial charge in [0, 0.05) is 23.2 Å². The van der Waals surface area contributed by atoms with Gasteiger partial charge >= 0.3 is 12.3 Å². The number of hydrogen-bond acceptors (Lipinski definition) is 4. The number of alkyl halides is 3. The zero-order valence-electron chi connectivity index (χ0n) is 21.0. The molecule has 39 heavy (non-hydrogen) atoms. The lowest BCUT2D eigenvalue weighted by atomic mass is 9.99. The van der Waals surface area contributed by atoms with Gasteiger partial charge in [0.2, 0.25) is 0 Å². The highest BCUT2D eigenvalue weighted by molar-refractivity contribution is 6.09. The van der Waals surface area contributed by atoms with Gasteiger partial charge in [-0.2, -0.15) is 0 Å². The third-order valence-corrected chi connectivity index (χ3v) is 6.29. The van der Waals surface area contributed by atoms with Gasteiger partial charge in [-0.15, -0.1) is 13.2 Å². The van der Waals surface area contributed by atoms with E-state index in [0.29, 0.717) is 22.5 Å². The summed E-state index contributed by atoms with van der Waals surface area (Å²) < 4.78 is 50.1. The molecular weight excluding hydrogens is 505 g/mol. The van der Waals surface area contributed by atoms with E-state index in [9.17, 15) is 18.0 Å². The van der Waals surface area contributed by atoms with Crippen molar-refractivity contribution in [1.29, 1.82) is 0 Å². The normalized spacial score (nSPS) is 11.5. The van der Waals surface area contributed by atoms with Gasteiger partial charge in [0.15, 0.2) is 0 Å². The van der Waals surface area contributed by atoms with Crippen molar-refractivity contribution in [2.24, 2.45) is 0 Å². The van der Waals surface area contributed by atoms with E-state index >= 15 is 0 Å². The predicted molar refractivity (Wildman–Crippen MR) is 145 cm³/mol. The number of anilines is 1. The van der Waals surface area contributed by atoms with Crippen molar-refractivity contribution < 1.29 is 27.4 Å². The number of rotatable bonds is 7. The van der Waals surface area contributed by atoms with Crippen molar-refractivity contribution in [2.45, 2.75) is 19.8 Å². The number of halogens is 3. The average Bonchev–Trinajstić information content (AvgIpc) is 3.22. The summed E-state index contributed by atoms with van der Waals surface area (Å²) in [7, 11) is 0. The summed E-state index contributed by atoms with van der Waals surface area (Å²) in [5.41, 5.74) is 11.4. The number of nitrogen functional groups attached to an aromatic ring is 1. The Labute approximate surface area is 223 Å². The average molecular weight is 531 g/mol. The molecule has 0 bridgehead atoms. The van der Waals surface area contributed by atoms with E-state index < -0.39 is 12.3 Å². The van der Waals surface area contributed by atoms with Gasteiger partial charge in [0.05, 0.1) is 12.1 Å². The van der Waals surface area contributed by atoms with E-state index in [4.69, 9.17) is 10.5 Å². The van der Waals surface area contributed by atoms with Crippen molar-refractivity contribution in [2.75, 3.05) is 12.3 Å². The third-order valence-electron chi connectivity index (χ3n) is 6.29. The van der Waals surface area contributed by atoms with Crippen LogP contribution in [-0.2, 0) is 11.3 Å². The van der Waals surface area contributed by atoms with Gasteiger partial charge in [0.25, 0.3) is 0 Å². The summed E-state index contributed by atoms with van der Waals surface area (Å²) in [4.78, 5) is 13.4. The number of esters is 1. The van der Waals surface area contributed by atoms with Crippen LogP contribution in [0.3, 0.4) is 0 Å². The summed E-state index contributed by atoms with van der Waals surface area (Å²) in [6.07, 6.45) is -4.82. The number of aromatic nitrogens is 1. The summed E-state index contributed by atoms with van der Waals surface area (Å²) in [6, 6.07) is 28.5. The molecule has 5 aromatic rings. The number of benzene rings is 4. The van der Waals surface area contributed by atoms with Crippen LogP contribution >= 0.6 is 0 Å². The van der Waals surface area contributed by atoms with Crippen LogP contribution in [0.1, 0.15) is 23.0 Å². The van der Waals surface area contributed by atoms with Crippen LogP contribution in [0.4, 0.5) is 18.9 Å². The highest BCUT2D eigenvalue weighted by Crippen LogP contribution is 2.38. The smallest absolute Gasteiger partial charge is 0.461 e. The molecule has 0 aliphatic rings. The van der Waals surface area contributed by atoms with Crippen molar-refractivity contribution in [3.8, 4) is 28.0 Å². The zero-order valence-corrected chi connectivity index (χ0v) is 21.0. The number of nitrogens with zero attached hydrogens (tertiary/aromatic N) is 1. The lowest BCUT2D eigenvalue weighted by Crippen LogP contribution is -2.17. The topological polar surface area (TPSA) is 66.5 Å². The van der Waals surface area contributed by atoms with Gasteiger partial charge in [-0.3, -0.25) is 0 Å². The molecule has 198 valence electrons. The number of fused-ring (bicyclic) bond motifs is 1. The van der Waals surface area contributed by atoms with E-state index in [0.717, 1.165) is 27.6 Å². The second-order valence-corrected chi connectivity index (χ2v) is 8.95. The van der Waals surface area contributed by atoms with E-state index in [2.05, 4.69) is 4.74 Å². The Balaban J connectivity index is 1.75. The molecule has 0 atom stereocenters. The molecule has 0 unspecified atom stereocenters. The molecule has 2 N–H and O–H groups in total. The molecule has 0 radical (unpaired) electrons. The van der Waals surface area contributed by atoms with Crippen molar-refractivity contribution in [3.63, 3.8) is 0 Å². The summed E-state index contributed by atoms with van der Waals surface area (Å²) in [5.74, 6) is -0.862. The number of nitrogens with two attached hydrogens (primary N) is 1. The summed E-state index contributed by atoms with van der Waals surface area (Å²) in [5, 5.41) is 0.805. The molecule has 5 rings (SSSR count). The molecule has 0 aliphatic heterocycles. The highest BCUT2D eigenvalue weighted by atomic mass is 19.4. The standard InChI is InChI=1S/C31H25F3N2O3/c1-2-38-30(37)29-28(21-9-4-3-5-10-21)26-15-14-23(22-11-7-12-24(35)17-22)18-27(26)36(29)19-20-8-6-13-25(16-20)39-31(32,33)34/h3-18H,2,19,35H2,1H3. The molecule has 1 heterocycles. The minimum atomic E-state index is -4.82. The van der Waals surface area contributed by atoms with Crippen LogP contribution in [-0.4, -0.2) is 23.5 Å². The van der Waals surface area contributed by atoms with Crippen molar-refractivity contribution in [3.05, 3.63) is 108 Å². The van der Waals surface area contributed by atoms with Gasteiger partial charge in [-0.1, -0.05) is 66.7 Å². The Hall–Kier alpha value is -4.72. The Morgan fingerprint density at radius 3 is 2.28 bits per heavy atom. The minimum absolute atomic E-state index is 0.104. The van der Waals surface area contributed by atoms with Crippen LogP contribution < -0.4 is 10.5 Å². The number of hydrogen-bond donors (Lipinski definition) is 1. The maximum Gasteiger partial charge on any atom is 0.573 e. The lowest BCUT2D eigenvalue weighted by Gasteiger charge is -2.14. The molecule has 5 nitrogen and oxygen atoms in total. The monoisotopic (exact) mass is 530 g/mol. The molecule has 0 saturated heterocycles. The first-order valence-electron chi connectivity index (χ1n) is 12.3. The Morgan fingerprint density at radius 2 is 1.56 bits per heavy atom. The third kappa shape index (κ3) is 5.60. The maximum atomic E-state index is 13.4. The first-order chi connectivity index (χ1) is 18.7. The maximum absolute atomic E-state index is 13.4. The minimum Gasteiger partial charge on any atom is -0.461 e. The fourth-order valence-electron chi connectivity index (χ4n) is 4.74. The van der Waals surface area contributed by atoms with E-state index in [1.54, 1.807) is 23.6 Å². The van der Waals surface area contributed by atoms with Crippen LogP contribution in [0, 0.1) is 0 Å². The molecule has 8 heteroatoms. The van der Waals surface area contributed by atoms with Crippen molar-refractivity contribution >= 4 is 22.6 Å². The molecule has 0 saturated carbocycles. The first-order valence-corrected chi connectivity index (χ1v) is 12.3. The summed E-state index contributed by atoms with van der Waals surface area (Å²) >= 11 is 0. The number of carbonyl (C=O) groups excluding carboxylic acids is 1. The molecular formula is C31H25F3N2O3. The van der Waals surface area contributed by atoms with Gasteiger partial charge in [0.1, 0.15) is 11.4 Å². The number of ether oxygens (including phenoxy) is 2. The predicted octanol–water partition coefficient (Wildman–Crippen LogP) is 7.68. The van der Waals surface area contributed by atoms with Crippen molar-refractivity contribution in [1.82, 2.24) is 4.57 Å². The molecule has 1 aromatic heterocycles. The second-order valence-electron chi connectivity index (χ2n) is 8.95. The fraction of sp³-hybridized carbons (Fsp3) is 0.129. The molecule has 0 aliphatic carbocycles. The Bertz CT molecular complexity index is 1640. The SMILES string of the molecule is CCOC(=O)c1c(-c2ccccc2)c2ccc(-c3cccc(N)c3)cc2n1Cc1cccc(OC(F)(F)F)c1. The zero-order chi connectivity index (χ0) is 27.6. The van der Waals surface area contributed by atoms with Gasteiger partial charge < -0.3 is 19.8 Å². The lowest BCUT2D eigenvalue weighted by molar-refractivity contribution is -0.274. The van der Waals surface area contributed by atoms with Crippen LogP contribution in [0.25, 0.3) is 33.2 Å². The largest absolute Gasteiger partial charge is 0.573 e. The van der Waals surface area contributed by atoms with Gasteiger partial charge in [-0.25, -0.2) is 4.79 Å². The van der Waals surface area contributed by atoms with Crippen LogP contribution in [0.15, 0.2) is 97.1 Å². The van der Waals surface area contributed by atoms with E-state index in [1.165, 1.54) is 18.2 Å². The summed E-state index contributed by atoms with van der Waals surface area (Å²) in [6.45, 7) is 1.99. The Kier molecular flexibility index (Phi) is 7.02. The van der Waals surface area contributed by atoms with Crippen LogP contribution in [0.5, 0.6) is 5.75 Å². The van der Waals surface area contributed by atoms with Crippen LogP contribution in [0.2, 0.25) is 0 Å². The molecule has 0 spiro atoms. The fourth-order valence-corrected chi connectivity index (χ4v) is 4.74. The molecule has 0 amide bonds. The molecule has 4 aromatic carbocycles. The molecule has 0 fully saturated rings. The van der Waals surface area contributed by atoms with E-state index in [-0.39, 0.29) is 18.9 Å². The van der Waals surface area contributed by atoms with E-state index in [1.807, 2.05) is 66.7 Å². The van der Waals surface area contributed by atoms with Gasteiger partial charge in [-0.05, 0) is 59.5 Å². The second kappa shape index (κ2) is 10.6. The Morgan fingerprint density at radius 1 is 0.846 bits per heavy atom. The first kappa shape index (κ1) is 25.9. The number of carbonyl (C=O) groups is 1.